The number of halogens is 2. The van der Waals surface area contributed by atoms with Crippen molar-refractivity contribution in [1.29, 1.82) is 0 Å². The summed E-state index contributed by atoms with van der Waals surface area (Å²) in [6.45, 7) is 11.3. The molecular formula is C29H34F2N4O2. The summed E-state index contributed by atoms with van der Waals surface area (Å²) < 4.78 is 28.7. The Balaban J connectivity index is 0.000000319. The molecule has 1 saturated heterocycles. The van der Waals surface area contributed by atoms with E-state index in [1.165, 1.54) is 18.2 Å². The number of amides is 1. The minimum absolute atomic E-state index is 0.202. The summed E-state index contributed by atoms with van der Waals surface area (Å²) >= 11 is 0. The number of rotatable bonds is 4. The van der Waals surface area contributed by atoms with Crippen LogP contribution in [0.3, 0.4) is 0 Å². The predicted molar refractivity (Wildman–Crippen MR) is 145 cm³/mol. The van der Waals surface area contributed by atoms with Crippen LogP contribution in [0.1, 0.15) is 35.0 Å². The highest BCUT2D eigenvalue weighted by atomic mass is 19.1. The Morgan fingerprint density at radius 2 is 1.57 bits per heavy atom. The first kappa shape index (κ1) is 27.8. The van der Waals surface area contributed by atoms with E-state index >= 15 is 0 Å². The van der Waals surface area contributed by atoms with Crippen LogP contribution in [0.4, 0.5) is 14.5 Å². The van der Waals surface area contributed by atoms with Gasteiger partial charge in [-0.05, 0) is 68.8 Å². The van der Waals surface area contributed by atoms with Crippen LogP contribution in [0.25, 0.3) is 22.8 Å². The van der Waals surface area contributed by atoms with Crippen LogP contribution in [0.5, 0.6) is 0 Å². The van der Waals surface area contributed by atoms with Crippen LogP contribution in [0, 0.1) is 32.4 Å². The van der Waals surface area contributed by atoms with Gasteiger partial charge in [0.2, 0.25) is 5.91 Å². The zero-order valence-electron chi connectivity index (χ0n) is 22.0. The summed E-state index contributed by atoms with van der Waals surface area (Å²) in [5, 5.41) is 0. The molecule has 0 unspecified atom stereocenters. The molecule has 4 rings (SSSR count). The average molecular weight is 509 g/mol. The lowest BCUT2D eigenvalue weighted by Crippen LogP contribution is -2.46. The van der Waals surface area contributed by atoms with Gasteiger partial charge in [-0.15, -0.1) is 0 Å². The fourth-order valence-corrected chi connectivity index (χ4v) is 4.31. The van der Waals surface area contributed by atoms with Gasteiger partial charge >= 0.3 is 0 Å². The third kappa shape index (κ3) is 6.32. The minimum Gasteiger partial charge on any atom is -0.398 e. The first-order chi connectivity index (χ1) is 17.5. The number of nitrogens with two attached hydrogens (primary N) is 1. The second kappa shape index (κ2) is 12.0. The highest BCUT2D eigenvalue weighted by molar-refractivity contribution is 6.17. The highest BCUT2D eigenvalue weighted by Crippen LogP contribution is 2.36. The standard InChI is InChI=1S/C22H20F2N2O.C7H14N2O/c1-12-13(2)20(26-14(12)3)10-15(11-27)21-16(6-4-9-19(21)25)22-17(23)7-5-8-18(22)24;1-7(10)9-5-3-8(2)4-6-9/h4-11,26H,25H2,1-3H3;3-6H2,1-2H3/b15-10+;. The number of hydrogen-bond acceptors (Lipinski definition) is 4. The second-order valence-corrected chi connectivity index (χ2v) is 9.31. The number of piperazine rings is 1. The zero-order chi connectivity index (χ0) is 27.3. The maximum atomic E-state index is 14.4. The molecule has 1 aromatic heterocycles. The Kier molecular flexibility index (Phi) is 8.99. The fourth-order valence-electron chi connectivity index (χ4n) is 4.31. The van der Waals surface area contributed by atoms with Crippen molar-refractivity contribution in [2.24, 2.45) is 0 Å². The monoisotopic (exact) mass is 508 g/mol. The van der Waals surface area contributed by atoms with E-state index in [1.54, 1.807) is 31.2 Å². The van der Waals surface area contributed by atoms with Crippen LogP contribution in [0.2, 0.25) is 0 Å². The Hall–Kier alpha value is -3.78. The van der Waals surface area contributed by atoms with Gasteiger partial charge in [0, 0.05) is 61.3 Å². The number of anilines is 1. The molecule has 196 valence electrons. The maximum Gasteiger partial charge on any atom is 0.219 e. The average Bonchev–Trinajstić information content (AvgIpc) is 3.10. The molecule has 3 N–H and O–H groups in total. The molecule has 1 amide bonds. The summed E-state index contributed by atoms with van der Waals surface area (Å²) in [7, 11) is 2.08. The number of aryl methyl sites for hydroxylation is 1. The van der Waals surface area contributed by atoms with E-state index in [4.69, 9.17) is 5.73 Å². The number of nitrogen functional groups attached to an aromatic ring is 1. The number of likely N-dealkylation sites (N-methyl/N-ethyl adjacent to an activating group) is 1. The van der Waals surface area contributed by atoms with E-state index < -0.39 is 11.6 Å². The van der Waals surface area contributed by atoms with Crippen molar-refractivity contribution >= 4 is 29.5 Å². The first-order valence-electron chi connectivity index (χ1n) is 12.1. The van der Waals surface area contributed by atoms with Crippen molar-refractivity contribution in [2.75, 3.05) is 39.0 Å². The van der Waals surface area contributed by atoms with Crippen LogP contribution in [0.15, 0.2) is 36.4 Å². The second-order valence-electron chi connectivity index (χ2n) is 9.31. The summed E-state index contributed by atoms with van der Waals surface area (Å²) in [6, 6.07) is 8.42. The molecule has 3 aromatic rings. The molecular weight excluding hydrogens is 474 g/mol. The first-order valence-corrected chi connectivity index (χ1v) is 12.1. The van der Waals surface area contributed by atoms with E-state index in [-0.39, 0.29) is 28.3 Å². The van der Waals surface area contributed by atoms with E-state index in [2.05, 4.69) is 16.9 Å². The van der Waals surface area contributed by atoms with Gasteiger partial charge in [0.05, 0.1) is 5.56 Å². The summed E-state index contributed by atoms with van der Waals surface area (Å²) in [5.41, 5.74) is 10.8. The molecule has 2 heterocycles. The summed E-state index contributed by atoms with van der Waals surface area (Å²) in [5.74, 6) is -1.22. The van der Waals surface area contributed by atoms with E-state index in [9.17, 15) is 18.4 Å². The number of benzene rings is 2. The lowest BCUT2D eigenvalue weighted by Gasteiger charge is -2.31. The molecule has 1 aliphatic heterocycles. The van der Waals surface area contributed by atoms with Crippen molar-refractivity contribution in [1.82, 2.24) is 14.8 Å². The molecule has 0 aliphatic carbocycles. The molecule has 0 radical (unpaired) electrons. The van der Waals surface area contributed by atoms with Crippen LogP contribution in [-0.2, 0) is 9.59 Å². The number of nitrogens with zero attached hydrogens (tertiary/aromatic N) is 2. The van der Waals surface area contributed by atoms with Crippen LogP contribution >= 0.6 is 0 Å². The van der Waals surface area contributed by atoms with Gasteiger partial charge in [0.1, 0.15) is 11.6 Å². The van der Waals surface area contributed by atoms with Gasteiger partial charge in [0.25, 0.3) is 0 Å². The largest absolute Gasteiger partial charge is 0.398 e. The lowest BCUT2D eigenvalue weighted by atomic mass is 9.92. The Morgan fingerprint density at radius 3 is 2.08 bits per heavy atom. The molecule has 2 aromatic carbocycles. The number of H-pyrrole nitrogens is 1. The summed E-state index contributed by atoms with van der Waals surface area (Å²) in [4.78, 5) is 30.1. The highest BCUT2D eigenvalue weighted by Gasteiger charge is 2.19. The third-order valence-corrected chi connectivity index (χ3v) is 6.84. The number of aromatic nitrogens is 1. The van der Waals surface area contributed by atoms with Gasteiger partial charge in [-0.2, -0.15) is 0 Å². The summed E-state index contributed by atoms with van der Waals surface area (Å²) in [6.07, 6.45) is 2.31. The normalized spacial score (nSPS) is 14.2. The Bertz CT molecular complexity index is 1300. The molecule has 0 atom stereocenters. The topological polar surface area (TPSA) is 82.4 Å². The van der Waals surface area contributed by atoms with Crippen molar-refractivity contribution < 1.29 is 18.4 Å². The van der Waals surface area contributed by atoms with E-state index in [1.807, 2.05) is 25.7 Å². The molecule has 1 aliphatic rings. The quantitative estimate of drug-likeness (QED) is 0.296. The molecule has 1 fully saturated rings. The number of nitrogens with one attached hydrogen (secondary N) is 1. The van der Waals surface area contributed by atoms with E-state index in [0.717, 1.165) is 48.7 Å². The Morgan fingerprint density at radius 1 is 0.973 bits per heavy atom. The SMILES string of the molecule is CC(=O)N1CCN(C)CC1.Cc1[nH]c(/C=C(\C=O)c2c(N)cccc2-c2c(F)cccc2F)c(C)c1C. The number of allylic oxidation sites excluding steroid dienone is 1. The number of aromatic amines is 1. The van der Waals surface area contributed by atoms with Crippen LogP contribution in [-0.4, -0.2) is 60.2 Å². The van der Waals surface area contributed by atoms with Crippen LogP contribution < -0.4 is 5.73 Å². The van der Waals surface area contributed by atoms with Gasteiger partial charge in [-0.3, -0.25) is 9.59 Å². The smallest absolute Gasteiger partial charge is 0.219 e. The Labute approximate surface area is 216 Å². The van der Waals surface area contributed by atoms with Gasteiger partial charge in [-0.1, -0.05) is 18.2 Å². The predicted octanol–water partition coefficient (Wildman–Crippen LogP) is 4.99. The molecule has 0 saturated carbocycles. The van der Waals surface area contributed by atoms with Crippen molar-refractivity contribution in [2.45, 2.75) is 27.7 Å². The van der Waals surface area contributed by atoms with Crippen molar-refractivity contribution in [3.8, 4) is 11.1 Å². The molecule has 0 spiro atoms. The number of carbonyl (C=O) groups is 2. The van der Waals surface area contributed by atoms with E-state index in [0.29, 0.717) is 11.8 Å². The maximum absolute atomic E-state index is 14.4. The number of carbonyl (C=O) groups excluding carboxylic acids is 2. The molecule has 37 heavy (non-hydrogen) atoms. The van der Waals surface area contributed by atoms with Gasteiger partial charge in [0.15, 0.2) is 6.29 Å². The minimum atomic E-state index is -0.713. The molecule has 6 nitrogen and oxygen atoms in total. The van der Waals surface area contributed by atoms with Crippen molar-refractivity contribution in [3.63, 3.8) is 0 Å². The fraction of sp³-hybridized carbons (Fsp3) is 0.310. The third-order valence-electron chi connectivity index (χ3n) is 6.84. The zero-order valence-corrected chi connectivity index (χ0v) is 22.0. The van der Waals surface area contributed by atoms with Gasteiger partial charge in [-0.25, -0.2) is 8.78 Å². The molecule has 0 bridgehead atoms. The number of aldehydes is 1. The number of hydrogen-bond donors (Lipinski definition) is 2. The van der Waals surface area contributed by atoms with Gasteiger partial charge < -0.3 is 20.5 Å². The van der Waals surface area contributed by atoms with Crippen molar-refractivity contribution in [3.05, 3.63) is 76.1 Å². The lowest BCUT2D eigenvalue weighted by molar-refractivity contribution is -0.130. The molecule has 8 heteroatoms.